The second kappa shape index (κ2) is 5.85. The molecule has 2 aromatic rings. The van der Waals surface area contributed by atoms with Crippen molar-refractivity contribution in [3.63, 3.8) is 0 Å². The minimum atomic E-state index is -0.291. The summed E-state index contributed by atoms with van der Waals surface area (Å²) in [5.41, 5.74) is 1.99. The zero-order valence-corrected chi connectivity index (χ0v) is 10.4. The molecule has 0 radical (unpaired) electrons. The predicted molar refractivity (Wildman–Crippen MR) is 71.7 cm³/mol. The van der Waals surface area contributed by atoms with Gasteiger partial charge >= 0.3 is 0 Å². The van der Waals surface area contributed by atoms with Gasteiger partial charge in [-0.15, -0.1) is 0 Å². The molecule has 0 unspecified atom stereocenters. The molecule has 5 nitrogen and oxygen atoms in total. The number of nitrogens with zero attached hydrogens (tertiary/aromatic N) is 1. The van der Waals surface area contributed by atoms with Gasteiger partial charge in [0.05, 0.1) is 5.56 Å². The quantitative estimate of drug-likeness (QED) is 0.708. The van der Waals surface area contributed by atoms with Gasteiger partial charge in [-0.25, -0.2) is 4.98 Å². The topological polar surface area (TPSA) is 78.0 Å². The number of nitrogens with one attached hydrogen (secondary N) is 2. The van der Waals surface area contributed by atoms with Crippen LogP contribution in [0.4, 0.5) is 5.95 Å². The van der Waals surface area contributed by atoms with Crippen LogP contribution >= 0.6 is 0 Å². The van der Waals surface area contributed by atoms with Crippen molar-refractivity contribution in [2.24, 2.45) is 0 Å². The number of aromatic nitrogens is 2. The number of aryl methyl sites for hydroxylation is 1. The molecule has 3 N–H and O–H groups in total. The molecule has 0 aliphatic carbocycles. The predicted octanol–water partition coefficient (Wildman–Crippen LogP) is 1.31. The Labute approximate surface area is 110 Å². The third kappa shape index (κ3) is 3.21. The number of aliphatic hydroxyl groups excluding tert-OH is 1. The highest BCUT2D eigenvalue weighted by Crippen LogP contribution is 2.12. The van der Waals surface area contributed by atoms with E-state index in [1.165, 1.54) is 0 Å². The van der Waals surface area contributed by atoms with E-state index in [1.807, 2.05) is 13.0 Å². The number of carbonyl (C=O) groups is 1. The summed E-state index contributed by atoms with van der Waals surface area (Å²) >= 11 is 0. The highest BCUT2D eigenvalue weighted by Gasteiger charge is 2.11. The first-order valence-electron chi connectivity index (χ1n) is 5.72. The molecular weight excluding hydrogens is 242 g/mol. The van der Waals surface area contributed by atoms with Crippen molar-refractivity contribution in [2.75, 3.05) is 11.9 Å². The van der Waals surface area contributed by atoms with Gasteiger partial charge < -0.3 is 10.1 Å². The van der Waals surface area contributed by atoms with Crippen molar-refractivity contribution in [3.05, 3.63) is 47.3 Å². The largest absolute Gasteiger partial charge is 0.384 e. The minimum Gasteiger partial charge on any atom is -0.384 e. The van der Waals surface area contributed by atoms with Crippen molar-refractivity contribution in [1.82, 2.24) is 9.97 Å². The molecule has 0 aliphatic heterocycles. The smallest absolute Gasteiger partial charge is 0.259 e. The first kappa shape index (κ1) is 12.9. The van der Waals surface area contributed by atoms with Crippen LogP contribution in [0.2, 0.25) is 0 Å². The molecule has 0 saturated carbocycles. The van der Waals surface area contributed by atoms with Gasteiger partial charge in [0, 0.05) is 18.0 Å². The fourth-order valence-electron chi connectivity index (χ4n) is 1.60. The lowest BCUT2D eigenvalue weighted by molar-refractivity contribution is 0.102. The molecule has 1 aromatic heterocycles. The van der Waals surface area contributed by atoms with Gasteiger partial charge in [0.2, 0.25) is 5.95 Å². The molecule has 2 rings (SSSR count). The Kier molecular flexibility index (Phi) is 3.96. The van der Waals surface area contributed by atoms with Crippen LogP contribution in [-0.4, -0.2) is 27.6 Å². The zero-order chi connectivity index (χ0) is 13.7. The molecule has 96 valence electrons. The molecule has 5 heteroatoms. The minimum absolute atomic E-state index is 0.243. The van der Waals surface area contributed by atoms with E-state index in [-0.39, 0.29) is 12.5 Å². The number of aliphatic hydroxyl groups is 1. The number of hydrogen-bond donors (Lipinski definition) is 3. The molecule has 1 heterocycles. The van der Waals surface area contributed by atoms with Crippen LogP contribution in [0.3, 0.4) is 0 Å². The lowest BCUT2D eigenvalue weighted by Crippen LogP contribution is -2.14. The first-order chi connectivity index (χ1) is 9.20. The van der Waals surface area contributed by atoms with Gasteiger partial charge in [-0.2, -0.15) is 0 Å². The normalized spacial score (nSPS) is 9.58. The first-order valence-corrected chi connectivity index (χ1v) is 5.72. The second-order valence-corrected chi connectivity index (χ2v) is 3.90. The van der Waals surface area contributed by atoms with Gasteiger partial charge in [0.25, 0.3) is 5.91 Å². The Morgan fingerprint density at radius 1 is 1.53 bits per heavy atom. The lowest BCUT2D eigenvalue weighted by atomic mass is 10.0. The molecule has 0 aliphatic rings. The van der Waals surface area contributed by atoms with E-state index >= 15 is 0 Å². The van der Waals surface area contributed by atoms with Crippen molar-refractivity contribution >= 4 is 11.9 Å². The molecule has 0 fully saturated rings. The fourth-order valence-corrected chi connectivity index (χ4v) is 1.60. The van der Waals surface area contributed by atoms with Crippen LogP contribution in [0.1, 0.15) is 21.5 Å². The van der Waals surface area contributed by atoms with E-state index in [4.69, 9.17) is 5.11 Å². The molecule has 0 atom stereocenters. The van der Waals surface area contributed by atoms with E-state index < -0.39 is 0 Å². The van der Waals surface area contributed by atoms with Gasteiger partial charge in [0.15, 0.2) is 0 Å². The number of anilines is 1. The summed E-state index contributed by atoms with van der Waals surface area (Å²) in [7, 11) is 0. The van der Waals surface area contributed by atoms with E-state index in [2.05, 4.69) is 27.1 Å². The van der Waals surface area contributed by atoms with Gasteiger partial charge in [-0.1, -0.05) is 23.5 Å². The molecule has 1 amide bonds. The third-order valence-electron chi connectivity index (χ3n) is 2.45. The molecule has 0 bridgehead atoms. The highest BCUT2D eigenvalue weighted by molar-refractivity contribution is 6.05. The Morgan fingerprint density at radius 3 is 3.05 bits per heavy atom. The molecule has 19 heavy (non-hydrogen) atoms. The molecule has 1 aromatic carbocycles. The van der Waals surface area contributed by atoms with E-state index in [0.717, 1.165) is 5.56 Å². The maximum atomic E-state index is 12.1. The average molecular weight is 255 g/mol. The lowest BCUT2D eigenvalue weighted by Gasteiger charge is -2.06. The van der Waals surface area contributed by atoms with Gasteiger partial charge in [0.1, 0.15) is 6.61 Å². The summed E-state index contributed by atoms with van der Waals surface area (Å²) < 4.78 is 0. The van der Waals surface area contributed by atoms with Crippen LogP contribution in [0.5, 0.6) is 0 Å². The summed E-state index contributed by atoms with van der Waals surface area (Å²) in [6.45, 7) is 1.65. The van der Waals surface area contributed by atoms with E-state index in [9.17, 15) is 4.79 Å². The van der Waals surface area contributed by atoms with Crippen LogP contribution < -0.4 is 5.32 Å². The van der Waals surface area contributed by atoms with Crippen molar-refractivity contribution in [3.8, 4) is 11.8 Å². The standard InChI is InChI=1S/C14H13N3O2/c1-10-4-5-11(3-2-8-18)12(9-10)13(19)17-14-15-6-7-16-14/h4-7,9,18H,8H2,1H3,(H2,15,16,17,19). The van der Waals surface area contributed by atoms with Crippen molar-refractivity contribution in [2.45, 2.75) is 6.92 Å². The summed E-state index contributed by atoms with van der Waals surface area (Å²) in [6.07, 6.45) is 3.18. The van der Waals surface area contributed by atoms with Gasteiger partial charge in [-0.05, 0) is 19.1 Å². The summed E-state index contributed by atoms with van der Waals surface area (Å²) in [6, 6.07) is 5.37. The number of imidazole rings is 1. The molecule has 0 saturated heterocycles. The van der Waals surface area contributed by atoms with Crippen LogP contribution in [0.15, 0.2) is 30.6 Å². The number of hydrogen-bond acceptors (Lipinski definition) is 3. The highest BCUT2D eigenvalue weighted by atomic mass is 16.2. The zero-order valence-electron chi connectivity index (χ0n) is 10.4. The second-order valence-electron chi connectivity index (χ2n) is 3.90. The van der Waals surface area contributed by atoms with Crippen LogP contribution in [0, 0.1) is 18.8 Å². The number of carbonyl (C=O) groups excluding carboxylic acids is 1. The molecule has 0 spiro atoms. The summed E-state index contributed by atoms with van der Waals surface area (Å²) in [5.74, 6) is 5.39. The Bertz CT molecular complexity index is 636. The number of benzene rings is 1. The number of aromatic amines is 1. The van der Waals surface area contributed by atoms with E-state index in [1.54, 1.807) is 24.5 Å². The maximum Gasteiger partial charge on any atom is 0.259 e. The number of amides is 1. The number of rotatable bonds is 2. The summed E-state index contributed by atoms with van der Waals surface area (Å²) in [4.78, 5) is 18.9. The van der Waals surface area contributed by atoms with E-state index in [0.29, 0.717) is 17.1 Å². The Morgan fingerprint density at radius 2 is 2.37 bits per heavy atom. The van der Waals surface area contributed by atoms with Crippen molar-refractivity contribution < 1.29 is 9.90 Å². The summed E-state index contributed by atoms with van der Waals surface area (Å²) in [5, 5.41) is 11.4. The fraction of sp³-hybridized carbons (Fsp3) is 0.143. The van der Waals surface area contributed by atoms with Crippen molar-refractivity contribution in [1.29, 1.82) is 0 Å². The Balaban J connectivity index is 2.31. The maximum absolute atomic E-state index is 12.1. The SMILES string of the molecule is Cc1ccc(C#CCO)c(C(=O)Nc2ncc[nH]2)c1. The van der Waals surface area contributed by atoms with Crippen LogP contribution in [-0.2, 0) is 0 Å². The monoisotopic (exact) mass is 255 g/mol. The van der Waals surface area contributed by atoms with Crippen LogP contribution in [0.25, 0.3) is 0 Å². The van der Waals surface area contributed by atoms with Gasteiger partial charge in [-0.3, -0.25) is 10.1 Å². The Hall–Kier alpha value is -2.58. The molecular formula is C14H13N3O2. The third-order valence-corrected chi connectivity index (χ3v) is 2.45. The average Bonchev–Trinajstić information content (AvgIpc) is 2.90. The number of H-pyrrole nitrogens is 1.